The van der Waals surface area contributed by atoms with Gasteiger partial charge in [0.1, 0.15) is 16.5 Å². The van der Waals surface area contributed by atoms with Crippen LogP contribution < -0.4 is 4.74 Å². The van der Waals surface area contributed by atoms with E-state index in [1.807, 2.05) is 0 Å². The Kier molecular flexibility index (Phi) is 3.69. The molecule has 0 spiro atoms. The lowest BCUT2D eigenvalue weighted by Crippen LogP contribution is -2.03. The number of sulfone groups is 1. The van der Waals surface area contributed by atoms with Crippen LogP contribution in [0.1, 0.15) is 10.5 Å². The number of carbonyl (C=O) groups is 1. The Morgan fingerprint density at radius 2 is 2.05 bits per heavy atom. The van der Waals surface area contributed by atoms with E-state index in [0.717, 1.165) is 24.5 Å². The molecule has 21 heavy (non-hydrogen) atoms. The van der Waals surface area contributed by atoms with E-state index in [9.17, 15) is 17.6 Å². The van der Waals surface area contributed by atoms with Gasteiger partial charge in [-0.15, -0.1) is 0 Å². The molecule has 0 atom stereocenters. The fourth-order valence-electron chi connectivity index (χ4n) is 1.74. The SMILES string of the molecule is COc1c(-c2cc(C(=O)O)no2)cc(F)cc1S(C)(=O)=O. The Balaban J connectivity index is 2.73. The Morgan fingerprint density at radius 1 is 1.38 bits per heavy atom. The van der Waals surface area contributed by atoms with Gasteiger partial charge in [-0.1, -0.05) is 5.16 Å². The number of nitrogens with zero attached hydrogens (tertiary/aromatic N) is 1. The summed E-state index contributed by atoms with van der Waals surface area (Å²) in [7, 11) is -2.54. The summed E-state index contributed by atoms with van der Waals surface area (Å²) in [4.78, 5) is 10.4. The Morgan fingerprint density at radius 3 is 2.52 bits per heavy atom. The summed E-state index contributed by atoms with van der Waals surface area (Å²) in [6.07, 6.45) is 0.900. The van der Waals surface area contributed by atoms with Crippen LogP contribution in [-0.4, -0.2) is 38.0 Å². The number of rotatable bonds is 4. The lowest BCUT2D eigenvalue weighted by Gasteiger charge is -2.10. The van der Waals surface area contributed by atoms with Crippen LogP contribution in [0.25, 0.3) is 11.3 Å². The van der Waals surface area contributed by atoms with Crippen molar-refractivity contribution in [3.8, 4) is 17.1 Å². The van der Waals surface area contributed by atoms with E-state index in [2.05, 4.69) is 5.16 Å². The number of halogens is 1. The minimum Gasteiger partial charge on any atom is -0.495 e. The third kappa shape index (κ3) is 2.87. The number of methoxy groups -OCH3 is 1. The highest BCUT2D eigenvalue weighted by Gasteiger charge is 2.23. The molecule has 1 aromatic heterocycles. The number of carboxylic acids is 1. The van der Waals surface area contributed by atoms with E-state index in [1.165, 1.54) is 7.11 Å². The van der Waals surface area contributed by atoms with Crippen LogP contribution in [0.5, 0.6) is 5.75 Å². The zero-order chi connectivity index (χ0) is 15.8. The Labute approximate surface area is 118 Å². The molecule has 0 saturated carbocycles. The highest BCUT2D eigenvalue weighted by molar-refractivity contribution is 7.90. The second-order valence-electron chi connectivity index (χ2n) is 4.14. The first kappa shape index (κ1) is 15.0. The van der Waals surface area contributed by atoms with E-state index >= 15 is 0 Å². The van der Waals surface area contributed by atoms with E-state index in [0.29, 0.717) is 0 Å². The van der Waals surface area contributed by atoms with Gasteiger partial charge in [0.2, 0.25) is 0 Å². The normalized spacial score (nSPS) is 11.4. The molecule has 7 nitrogen and oxygen atoms in total. The fourth-order valence-corrected chi connectivity index (χ4v) is 2.60. The molecule has 0 unspecified atom stereocenters. The molecule has 2 aromatic rings. The van der Waals surface area contributed by atoms with Gasteiger partial charge < -0.3 is 14.4 Å². The van der Waals surface area contributed by atoms with E-state index in [-0.39, 0.29) is 22.0 Å². The van der Waals surface area contributed by atoms with Crippen LogP contribution in [-0.2, 0) is 9.84 Å². The van der Waals surface area contributed by atoms with Gasteiger partial charge in [0.15, 0.2) is 21.3 Å². The topological polar surface area (TPSA) is 107 Å². The third-order valence-corrected chi connectivity index (χ3v) is 3.72. The molecule has 0 fully saturated rings. The summed E-state index contributed by atoms with van der Waals surface area (Å²) in [5.74, 6) is -2.43. The molecule has 9 heteroatoms. The molecule has 112 valence electrons. The van der Waals surface area contributed by atoms with Crippen molar-refractivity contribution in [1.29, 1.82) is 0 Å². The quantitative estimate of drug-likeness (QED) is 0.913. The number of aromatic carboxylic acids is 1. The number of aromatic nitrogens is 1. The van der Waals surface area contributed by atoms with Crippen molar-refractivity contribution in [2.75, 3.05) is 13.4 Å². The van der Waals surface area contributed by atoms with Crippen molar-refractivity contribution in [2.45, 2.75) is 4.90 Å². The molecule has 0 aliphatic rings. The maximum absolute atomic E-state index is 13.6. The molecule has 0 bridgehead atoms. The van der Waals surface area contributed by atoms with Crippen LogP contribution in [0, 0.1) is 5.82 Å². The summed E-state index contributed by atoms with van der Waals surface area (Å²) < 4.78 is 46.8. The molecule has 2 rings (SSSR count). The van der Waals surface area contributed by atoms with Gasteiger partial charge in [-0.05, 0) is 12.1 Å². The van der Waals surface area contributed by atoms with Gasteiger partial charge >= 0.3 is 5.97 Å². The van der Waals surface area contributed by atoms with Crippen LogP contribution in [0.3, 0.4) is 0 Å². The standard InChI is InChI=1S/C12H10FNO6S/c1-19-11-7(9-5-8(12(15)16)14-20-9)3-6(13)4-10(11)21(2,17)18/h3-5H,1-2H3,(H,15,16). The minimum absolute atomic E-state index is 0.0436. The predicted molar refractivity (Wildman–Crippen MR) is 68.5 cm³/mol. The first-order valence-corrected chi connectivity index (χ1v) is 7.41. The van der Waals surface area contributed by atoms with Gasteiger partial charge in [0.25, 0.3) is 0 Å². The van der Waals surface area contributed by atoms with E-state index < -0.39 is 27.3 Å². The zero-order valence-corrected chi connectivity index (χ0v) is 11.8. The van der Waals surface area contributed by atoms with Crippen molar-refractivity contribution in [3.63, 3.8) is 0 Å². The van der Waals surface area contributed by atoms with Crippen molar-refractivity contribution >= 4 is 15.8 Å². The van der Waals surface area contributed by atoms with Gasteiger partial charge in [0.05, 0.1) is 12.7 Å². The molecule has 0 amide bonds. The van der Waals surface area contributed by atoms with Crippen LogP contribution in [0.4, 0.5) is 4.39 Å². The molecular weight excluding hydrogens is 305 g/mol. The van der Waals surface area contributed by atoms with Crippen molar-refractivity contribution in [1.82, 2.24) is 5.16 Å². The molecule has 0 saturated heterocycles. The van der Waals surface area contributed by atoms with Gasteiger partial charge in [-0.25, -0.2) is 17.6 Å². The number of carboxylic acid groups (broad SMARTS) is 1. The molecule has 1 heterocycles. The molecule has 1 N–H and O–H groups in total. The predicted octanol–water partition coefficient (Wildman–Crippen LogP) is 1.59. The monoisotopic (exact) mass is 315 g/mol. The highest BCUT2D eigenvalue weighted by atomic mass is 32.2. The Bertz CT molecular complexity index is 811. The number of benzene rings is 1. The van der Waals surface area contributed by atoms with Crippen molar-refractivity contribution in [2.24, 2.45) is 0 Å². The number of ether oxygens (including phenoxy) is 1. The van der Waals surface area contributed by atoms with Gasteiger partial charge in [-0.2, -0.15) is 0 Å². The summed E-state index contributed by atoms with van der Waals surface area (Å²) in [6, 6.07) is 2.83. The second kappa shape index (κ2) is 5.17. The molecule has 1 aromatic carbocycles. The minimum atomic E-state index is -3.75. The summed E-state index contributed by atoms with van der Waals surface area (Å²) in [6.45, 7) is 0. The number of hydrogen-bond donors (Lipinski definition) is 1. The number of hydrogen-bond acceptors (Lipinski definition) is 6. The maximum Gasteiger partial charge on any atom is 0.358 e. The first-order valence-electron chi connectivity index (χ1n) is 5.52. The van der Waals surface area contributed by atoms with Crippen LogP contribution in [0.2, 0.25) is 0 Å². The average Bonchev–Trinajstić information content (AvgIpc) is 2.86. The van der Waals surface area contributed by atoms with Gasteiger partial charge in [0, 0.05) is 12.3 Å². The molecular formula is C12H10FNO6S. The molecule has 0 radical (unpaired) electrons. The van der Waals surface area contributed by atoms with Crippen LogP contribution in [0.15, 0.2) is 27.6 Å². The summed E-state index contributed by atoms with van der Waals surface area (Å²) in [5, 5.41) is 12.1. The van der Waals surface area contributed by atoms with E-state index in [1.54, 1.807) is 0 Å². The first-order chi connectivity index (χ1) is 9.74. The maximum atomic E-state index is 13.6. The van der Waals surface area contributed by atoms with Crippen molar-refractivity contribution in [3.05, 3.63) is 29.7 Å². The lowest BCUT2D eigenvalue weighted by atomic mass is 10.1. The third-order valence-electron chi connectivity index (χ3n) is 2.62. The average molecular weight is 315 g/mol. The highest BCUT2D eigenvalue weighted by Crippen LogP contribution is 2.36. The largest absolute Gasteiger partial charge is 0.495 e. The van der Waals surface area contributed by atoms with Gasteiger partial charge in [-0.3, -0.25) is 0 Å². The second-order valence-corrected chi connectivity index (χ2v) is 6.12. The smallest absolute Gasteiger partial charge is 0.358 e. The van der Waals surface area contributed by atoms with Crippen molar-refractivity contribution < 1.29 is 32.0 Å². The van der Waals surface area contributed by atoms with E-state index in [4.69, 9.17) is 14.4 Å². The molecule has 0 aliphatic heterocycles. The summed E-state index contributed by atoms with van der Waals surface area (Å²) >= 11 is 0. The molecule has 0 aliphatic carbocycles. The van der Waals surface area contributed by atoms with Crippen LogP contribution >= 0.6 is 0 Å². The summed E-state index contributed by atoms with van der Waals surface area (Å²) in [5.41, 5.74) is -0.435. The Hall–Kier alpha value is -2.42. The fraction of sp³-hybridized carbons (Fsp3) is 0.167. The zero-order valence-electron chi connectivity index (χ0n) is 11.0. The lowest BCUT2D eigenvalue weighted by molar-refractivity contribution is 0.0686.